The van der Waals surface area contributed by atoms with Crippen molar-refractivity contribution >= 4 is 5.71 Å². The predicted molar refractivity (Wildman–Crippen MR) is 94.9 cm³/mol. The highest BCUT2D eigenvalue weighted by molar-refractivity contribution is 6.05. The SMILES string of the molecule is Cc1nc2n(c1C)-c1ccc(C(F)(F)F)cc1C(C1CCCCC1)=NC2. The zero-order valence-corrected chi connectivity index (χ0v) is 15.0. The summed E-state index contributed by atoms with van der Waals surface area (Å²) in [5, 5.41) is 0. The van der Waals surface area contributed by atoms with Gasteiger partial charge in [-0.3, -0.25) is 9.56 Å². The average molecular weight is 361 g/mol. The molecule has 1 fully saturated rings. The van der Waals surface area contributed by atoms with Crippen molar-refractivity contribution in [1.29, 1.82) is 0 Å². The number of benzene rings is 1. The Balaban J connectivity index is 1.92. The highest BCUT2D eigenvalue weighted by atomic mass is 19.4. The number of aromatic nitrogens is 2. The average Bonchev–Trinajstić information content (AvgIpc) is 2.80. The van der Waals surface area contributed by atoms with Crippen LogP contribution >= 0.6 is 0 Å². The van der Waals surface area contributed by atoms with Gasteiger partial charge in [0.25, 0.3) is 0 Å². The minimum absolute atomic E-state index is 0.233. The third-order valence-electron chi connectivity index (χ3n) is 5.64. The molecule has 2 aliphatic rings. The van der Waals surface area contributed by atoms with E-state index in [0.717, 1.165) is 54.3 Å². The van der Waals surface area contributed by atoms with Gasteiger partial charge in [-0.1, -0.05) is 19.3 Å². The Morgan fingerprint density at radius 3 is 2.50 bits per heavy atom. The van der Waals surface area contributed by atoms with E-state index < -0.39 is 11.7 Å². The van der Waals surface area contributed by atoms with Crippen LogP contribution in [-0.2, 0) is 12.7 Å². The van der Waals surface area contributed by atoms with E-state index in [1.54, 1.807) is 6.07 Å². The summed E-state index contributed by atoms with van der Waals surface area (Å²) in [6.07, 6.45) is 1.05. The maximum absolute atomic E-state index is 13.3. The lowest BCUT2D eigenvalue weighted by Crippen LogP contribution is -2.21. The number of hydrogen-bond acceptors (Lipinski definition) is 2. The van der Waals surface area contributed by atoms with Crippen LogP contribution in [0.5, 0.6) is 0 Å². The van der Waals surface area contributed by atoms with Crippen LogP contribution in [0.15, 0.2) is 23.2 Å². The number of imidazole rings is 1. The molecule has 0 unspecified atom stereocenters. The summed E-state index contributed by atoms with van der Waals surface area (Å²) in [6.45, 7) is 4.29. The van der Waals surface area contributed by atoms with Gasteiger partial charge in [0.1, 0.15) is 5.82 Å². The van der Waals surface area contributed by atoms with Gasteiger partial charge >= 0.3 is 6.18 Å². The molecule has 1 aliphatic carbocycles. The van der Waals surface area contributed by atoms with E-state index in [1.807, 2.05) is 18.4 Å². The summed E-state index contributed by atoms with van der Waals surface area (Å²) in [7, 11) is 0. The fourth-order valence-electron chi connectivity index (χ4n) is 4.18. The zero-order chi connectivity index (χ0) is 18.5. The molecule has 1 aliphatic heterocycles. The van der Waals surface area contributed by atoms with Crippen molar-refractivity contribution in [3.05, 3.63) is 46.5 Å². The smallest absolute Gasteiger partial charge is 0.299 e. The lowest BCUT2D eigenvalue weighted by Gasteiger charge is -2.25. The molecular weight excluding hydrogens is 339 g/mol. The molecule has 4 rings (SSSR count). The molecule has 2 heterocycles. The number of rotatable bonds is 1. The Morgan fingerprint density at radius 1 is 1.08 bits per heavy atom. The second-order valence-electron chi connectivity index (χ2n) is 7.30. The summed E-state index contributed by atoms with van der Waals surface area (Å²) in [4.78, 5) is 9.37. The largest absolute Gasteiger partial charge is 0.416 e. The van der Waals surface area contributed by atoms with Crippen molar-refractivity contribution in [1.82, 2.24) is 9.55 Å². The fraction of sp³-hybridized carbons (Fsp3) is 0.500. The maximum atomic E-state index is 13.3. The van der Waals surface area contributed by atoms with Crippen LogP contribution in [0.25, 0.3) is 5.69 Å². The molecule has 0 radical (unpaired) electrons. The number of hydrogen-bond donors (Lipinski definition) is 0. The second kappa shape index (κ2) is 6.25. The van der Waals surface area contributed by atoms with Crippen molar-refractivity contribution in [3.8, 4) is 5.69 Å². The van der Waals surface area contributed by atoms with E-state index in [-0.39, 0.29) is 5.92 Å². The number of nitrogens with zero attached hydrogens (tertiary/aromatic N) is 3. The number of alkyl halides is 3. The first-order valence-corrected chi connectivity index (χ1v) is 9.17. The van der Waals surface area contributed by atoms with Crippen LogP contribution in [0.2, 0.25) is 0 Å². The normalized spacial score (nSPS) is 18.1. The van der Waals surface area contributed by atoms with Crippen molar-refractivity contribution in [2.75, 3.05) is 0 Å². The van der Waals surface area contributed by atoms with Crippen LogP contribution in [-0.4, -0.2) is 15.3 Å². The number of aryl methyl sites for hydroxylation is 1. The molecule has 1 aromatic heterocycles. The quantitative estimate of drug-likeness (QED) is 0.670. The Hall–Kier alpha value is -2.11. The van der Waals surface area contributed by atoms with Gasteiger partial charge in [0.2, 0.25) is 0 Å². The predicted octanol–water partition coefficient (Wildman–Crippen LogP) is 5.39. The van der Waals surface area contributed by atoms with Crippen LogP contribution < -0.4 is 0 Å². The molecule has 2 aromatic rings. The topological polar surface area (TPSA) is 30.2 Å². The molecular formula is C20H22F3N3. The first-order valence-electron chi connectivity index (χ1n) is 9.17. The van der Waals surface area contributed by atoms with E-state index in [9.17, 15) is 13.2 Å². The minimum Gasteiger partial charge on any atom is -0.299 e. The van der Waals surface area contributed by atoms with Crippen LogP contribution in [0.3, 0.4) is 0 Å². The molecule has 6 heteroatoms. The molecule has 138 valence electrons. The van der Waals surface area contributed by atoms with E-state index in [4.69, 9.17) is 4.99 Å². The van der Waals surface area contributed by atoms with Gasteiger partial charge in [-0.25, -0.2) is 4.98 Å². The fourth-order valence-corrected chi connectivity index (χ4v) is 4.18. The van der Waals surface area contributed by atoms with Crippen molar-refractivity contribution in [2.45, 2.75) is 58.7 Å². The first-order chi connectivity index (χ1) is 12.4. The van der Waals surface area contributed by atoms with Crippen molar-refractivity contribution in [2.24, 2.45) is 10.9 Å². The maximum Gasteiger partial charge on any atom is 0.416 e. The molecule has 0 bridgehead atoms. The molecule has 0 atom stereocenters. The summed E-state index contributed by atoms with van der Waals surface area (Å²) < 4.78 is 42.0. The minimum atomic E-state index is -4.36. The van der Waals surface area contributed by atoms with E-state index >= 15 is 0 Å². The Kier molecular flexibility index (Phi) is 4.16. The number of fused-ring (bicyclic) bond motifs is 3. The van der Waals surface area contributed by atoms with Gasteiger partial charge in [0, 0.05) is 22.9 Å². The number of halogens is 3. The molecule has 0 amide bonds. The molecule has 0 saturated heterocycles. The highest BCUT2D eigenvalue weighted by Crippen LogP contribution is 2.37. The summed E-state index contributed by atoms with van der Waals surface area (Å²) in [6, 6.07) is 4.04. The van der Waals surface area contributed by atoms with Gasteiger partial charge in [0.05, 0.1) is 23.5 Å². The lowest BCUT2D eigenvalue weighted by molar-refractivity contribution is -0.137. The third-order valence-corrected chi connectivity index (χ3v) is 5.64. The summed E-state index contributed by atoms with van der Waals surface area (Å²) in [5.41, 5.74) is 3.45. The van der Waals surface area contributed by atoms with Crippen molar-refractivity contribution in [3.63, 3.8) is 0 Å². The van der Waals surface area contributed by atoms with Gasteiger partial charge in [-0.15, -0.1) is 0 Å². The number of aliphatic imine (C=N–C) groups is 1. The van der Waals surface area contributed by atoms with Crippen LogP contribution in [0.4, 0.5) is 13.2 Å². The Labute approximate surface area is 151 Å². The monoisotopic (exact) mass is 361 g/mol. The summed E-state index contributed by atoms with van der Waals surface area (Å²) in [5.74, 6) is 1.03. The van der Waals surface area contributed by atoms with Crippen molar-refractivity contribution < 1.29 is 13.2 Å². The van der Waals surface area contributed by atoms with E-state index in [1.165, 1.54) is 18.6 Å². The van der Waals surface area contributed by atoms with E-state index in [0.29, 0.717) is 12.1 Å². The first kappa shape index (κ1) is 17.3. The third kappa shape index (κ3) is 2.85. The van der Waals surface area contributed by atoms with E-state index in [2.05, 4.69) is 4.98 Å². The van der Waals surface area contributed by atoms with Gasteiger partial charge < -0.3 is 0 Å². The van der Waals surface area contributed by atoms with Gasteiger partial charge in [-0.05, 0) is 44.9 Å². The Morgan fingerprint density at radius 2 is 1.81 bits per heavy atom. The van der Waals surface area contributed by atoms with Crippen LogP contribution in [0, 0.1) is 19.8 Å². The zero-order valence-electron chi connectivity index (χ0n) is 15.0. The molecule has 3 nitrogen and oxygen atoms in total. The summed E-state index contributed by atoms with van der Waals surface area (Å²) >= 11 is 0. The standard InChI is InChI=1S/C20H22F3N3/c1-12-13(2)26-17-9-8-15(20(21,22)23)10-16(17)19(24-11-18(26)25-12)14-6-4-3-5-7-14/h8-10,14H,3-7,11H2,1-2H3. The molecule has 26 heavy (non-hydrogen) atoms. The van der Waals surface area contributed by atoms with Gasteiger partial charge in [0.15, 0.2) is 0 Å². The molecule has 0 spiro atoms. The molecule has 1 saturated carbocycles. The Bertz CT molecular complexity index is 871. The highest BCUT2D eigenvalue weighted by Gasteiger charge is 2.34. The lowest BCUT2D eigenvalue weighted by atomic mass is 9.82. The van der Waals surface area contributed by atoms with Crippen LogP contribution in [0.1, 0.15) is 60.4 Å². The van der Waals surface area contributed by atoms with Gasteiger partial charge in [-0.2, -0.15) is 13.2 Å². The molecule has 1 aromatic carbocycles. The molecule has 0 N–H and O–H groups in total. The second-order valence-corrected chi connectivity index (χ2v) is 7.30.